The first-order valence-electron chi connectivity index (χ1n) is 3.86. The van der Waals surface area contributed by atoms with Gasteiger partial charge in [-0.1, -0.05) is 0 Å². The molecule has 2 aliphatic heterocycles. The van der Waals surface area contributed by atoms with Crippen LogP contribution >= 0.6 is 0 Å². The Bertz CT molecular complexity index is 140. The van der Waals surface area contributed by atoms with E-state index < -0.39 is 6.17 Å². The van der Waals surface area contributed by atoms with Crippen LogP contribution < -0.4 is 5.32 Å². The van der Waals surface area contributed by atoms with Gasteiger partial charge in [0.1, 0.15) is 6.17 Å². The summed E-state index contributed by atoms with van der Waals surface area (Å²) in [7, 11) is 2.02. The standard InChI is InChI=1S/C7H13FN2/c1-10-5-2-6(8)7(10)4-9-3-5/h5-7,9H,2-4H2,1H3/t5?,6-,7+/m0/s1. The molecule has 2 saturated heterocycles. The number of piperazine rings is 1. The summed E-state index contributed by atoms with van der Waals surface area (Å²) >= 11 is 0. The Balaban J connectivity index is 2.14. The van der Waals surface area contributed by atoms with Gasteiger partial charge in [-0.25, -0.2) is 4.39 Å². The highest BCUT2D eigenvalue weighted by atomic mass is 19.1. The molecule has 0 spiro atoms. The van der Waals surface area contributed by atoms with Crippen molar-refractivity contribution in [2.75, 3.05) is 20.1 Å². The lowest BCUT2D eigenvalue weighted by atomic mass is 10.2. The van der Waals surface area contributed by atoms with Crippen molar-refractivity contribution in [1.29, 1.82) is 0 Å². The summed E-state index contributed by atoms with van der Waals surface area (Å²) in [4.78, 5) is 2.17. The van der Waals surface area contributed by atoms with Crippen LogP contribution in [0.4, 0.5) is 4.39 Å². The van der Waals surface area contributed by atoms with Gasteiger partial charge in [-0.15, -0.1) is 0 Å². The van der Waals surface area contributed by atoms with Crippen LogP contribution in [0.1, 0.15) is 6.42 Å². The first-order valence-corrected chi connectivity index (χ1v) is 3.86. The highest BCUT2D eigenvalue weighted by Crippen LogP contribution is 2.27. The Hall–Kier alpha value is -0.150. The zero-order chi connectivity index (χ0) is 7.14. The van der Waals surface area contributed by atoms with Gasteiger partial charge in [0.15, 0.2) is 0 Å². The van der Waals surface area contributed by atoms with E-state index in [1.54, 1.807) is 0 Å². The number of nitrogens with one attached hydrogen (secondary N) is 1. The van der Waals surface area contributed by atoms with Crippen LogP contribution in [-0.4, -0.2) is 43.3 Å². The van der Waals surface area contributed by atoms with Crippen LogP contribution in [-0.2, 0) is 0 Å². The summed E-state index contributed by atoms with van der Waals surface area (Å²) in [5.74, 6) is 0. The lowest BCUT2D eigenvalue weighted by Gasteiger charge is -2.31. The summed E-state index contributed by atoms with van der Waals surface area (Å²) in [6.07, 6.45) is 0.138. The number of halogens is 1. The molecule has 2 nitrogen and oxygen atoms in total. The van der Waals surface area contributed by atoms with E-state index in [0.29, 0.717) is 6.04 Å². The third kappa shape index (κ3) is 0.772. The predicted octanol–water partition coefficient (Wildman–Crippen LogP) is 0.000400. The molecule has 0 aromatic heterocycles. The van der Waals surface area contributed by atoms with Crippen molar-refractivity contribution >= 4 is 0 Å². The van der Waals surface area contributed by atoms with Crippen molar-refractivity contribution in [3.05, 3.63) is 0 Å². The Labute approximate surface area is 60.4 Å². The van der Waals surface area contributed by atoms with Crippen LogP contribution in [0.2, 0.25) is 0 Å². The molecule has 1 unspecified atom stereocenters. The highest BCUT2D eigenvalue weighted by Gasteiger charge is 2.41. The maximum absolute atomic E-state index is 13.0. The Morgan fingerprint density at radius 3 is 2.90 bits per heavy atom. The smallest absolute Gasteiger partial charge is 0.118 e. The number of alkyl halides is 1. The summed E-state index contributed by atoms with van der Waals surface area (Å²) in [5, 5.41) is 3.23. The fraction of sp³-hybridized carbons (Fsp3) is 1.00. The molecule has 2 rings (SSSR count). The van der Waals surface area contributed by atoms with Crippen LogP contribution in [0, 0.1) is 0 Å². The monoisotopic (exact) mass is 144 g/mol. The predicted molar refractivity (Wildman–Crippen MR) is 37.7 cm³/mol. The molecule has 0 amide bonds. The first-order chi connectivity index (χ1) is 4.79. The van der Waals surface area contributed by atoms with E-state index >= 15 is 0 Å². The fourth-order valence-electron chi connectivity index (χ4n) is 2.01. The minimum absolute atomic E-state index is 0.152. The van der Waals surface area contributed by atoms with Crippen molar-refractivity contribution in [1.82, 2.24) is 10.2 Å². The van der Waals surface area contributed by atoms with Gasteiger partial charge in [-0.2, -0.15) is 0 Å². The van der Waals surface area contributed by atoms with E-state index in [2.05, 4.69) is 10.2 Å². The van der Waals surface area contributed by atoms with Crippen LogP contribution in [0.5, 0.6) is 0 Å². The second-order valence-corrected chi connectivity index (χ2v) is 3.30. The average Bonchev–Trinajstić information content (AvgIpc) is 2.16. The normalized spacial score (nSPS) is 48.0. The lowest BCUT2D eigenvalue weighted by Crippen LogP contribution is -2.50. The van der Waals surface area contributed by atoms with E-state index in [9.17, 15) is 4.39 Å². The van der Waals surface area contributed by atoms with Crippen molar-refractivity contribution in [3.8, 4) is 0 Å². The molecule has 0 radical (unpaired) electrons. The number of hydrogen-bond acceptors (Lipinski definition) is 2. The van der Waals surface area contributed by atoms with Gasteiger partial charge < -0.3 is 5.32 Å². The summed E-state index contributed by atoms with van der Waals surface area (Å²) in [5.41, 5.74) is 0. The molecule has 58 valence electrons. The third-order valence-corrected chi connectivity index (χ3v) is 2.75. The van der Waals surface area contributed by atoms with Crippen LogP contribution in [0.15, 0.2) is 0 Å². The third-order valence-electron chi connectivity index (χ3n) is 2.75. The second-order valence-electron chi connectivity index (χ2n) is 3.30. The van der Waals surface area contributed by atoms with Gasteiger partial charge in [0.05, 0.1) is 6.04 Å². The summed E-state index contributed by atoms with van der Waals surface area (Å²) < 4.78 is 13.0. The Kier molecular flexibility index (Phi) is 1.42. The SMILES string of the molecule is CN1C2CNC[C@@H]1[C@@H](F)C2. The van der Waals surface area contributed by atoms with Crippen LogP contribution in [0.25, 0.3) is 0 Å². The molecule has 0 aliphatic carbocycles. The van der Waals surface area contributed by atoms with E-state index in [1.165, 1.54) is 0 Å². The zero-order valence-electron chi connectivity index (χ0n) is 6.18. The molecule has 1 N–H and O–H groups in total. The number of nitrogens with zero attached hydrogens (tertiary/aromatic N) is 1. The van der Waals surface area contributed by atoms with Crippen molar-refractivity contribution in [3.63, 3.8) is 0 Å². The number of hydrogen-bond donors (Lipinski definition) is 1. The summed E-state index contributed by atoms with van der Waals surface area (Å²) in [6, 6.07) is 0.604. The minimum Gasteiger partial charge on any atom is -0.314 e. The quantitative estimate of drug-likeness (QED) is 0.515. The molecule has 2 bridgehead atoms. The van der Waals surface area contributed by atoms with Gasteiger partial charge >= 0.3 is 0 Å². The van der Waals surface area contributed by atoms with Crippen molar-refractivity contribution in [2.24, 2.45) is 0 Å². The van der Waals surface area contributed by atoms with Gasteiger partial charge in [0, 0.05) is 19.1 Å². The molecule has 2 heterocycles. The average molecular weight is 144 g/mol. The largest absolute Gasteiger partial charge is 0.314 e. The van der Waals surface area contributed by atoms with Crippen LogP contribution in [0.3, 0.4) is 0 Å². The minimum atomic E-state index is -0.593. The molecular weight excluding hydrogens is 131 g/mol. The lowest BCUT2D eigenvalue weighted by molar-refractivity contribution is 0.164. The number of rotatable bonds is 0. The Morgan fingerprint density at radius 1 is 1.50 bits per heavy atom. The van der Waals surface area contributed by atoms with Crippen molar-refractivity contribution < 1.29 is 4.39 Å². The molecule has 3 atom stereocenters. The number of likely N-dealkylation sites (N-methyl/N-ethyl adjacent to an activating group) is 1. The molecule has 2 fully saturated rings. The highest BCUT2D eigenvalue weighted by molar-refractivity contribution is 4.98. The number of fused-ring (bicyclic) bond motifs is 2. The molecule has 0 aromatic rings. The molecule has 0 aromatic carbocycles. The molecule has 10 heavy (non-hydrogen) atoms. The van der Waals surface area contributed by atoms with Gasteiger partial charge in [0.2, 0.25) is 0 Å². The van der Waals surface area contributed by atoms with Gasteiger partial charge in [-0.3, -0.25) is 4.90 Å². The van der Waals surface area contributed by atoms with E-state index in [1.807, 2.05) is 7.05 Å². The topological polar surface area (TPSA) is 15.3 Å². The Morgan fingerprint density at radius 2 is 2.30 bits per heavy atom. The first kappa shape index (κ1) is 6.55. The van der Waals surface area contributed by atoms with Gasteiger partial charge in [0.25, 0.3) is 0 Å². The molecule has 3 heteroatoms. The van der Waals surface area contributed by atoms with E-state index in [4.69, 9.17) is 0 Å². The van der Waals surface area contributed by atoms with E-state index in [0.717, 1.165) is 19.5 Å². The fourth-order valence-corrected chi connectivity index (χ4v) is 2.01. The zero-order valence-corrected chi connectivity index (χ0v) is 6.18. The van der Waals surface area contributed by atoms with E-state index in [-0.39, 0.29) is 6.04 Å². The molecular formula is C7H13FN2. The molecule has 2 aliphatic rings. The van der Waals surface area contributed by atoms with Gasteiger partial charge in [-0.05, 0) is 13.5 Å². The summed E-state index contributed by atoms with van der Waals surface area (Å²) in [6.45, 7) is 1.79. The maximum Gasteiger partial charge on any atom is 0.118 e. The molecule has 0 saturated carbocycles. The maximum atomic E-state index is 13.0. The second kappa shape index (κ2) is 2.17. The van der Waals surface area contributed by atoms with Crippen molar-refractivity contribution in [2.45, 2.75) is 24.7 Å².